The lowest BCUT2D eigenvalue weighted by molar-refractivity contribution is -0.277. The summed E-state index contributed by atoms with van der Waals surface area (Å²) in [5.74, 6) is -1.49. The third-order valence-corrected chi connectivity index (χ3v) is 13.5. The minimum atomic E-state index is -1.46. The first-order chi connectivity index (χ1) is 33.9. The molecule has 1 unspecified atom stereocenters. The molecule has 3 aromatic carbocycles. The van der Waals surface area contributed by atoms with E-state index in [0.29, 0.717) is 25.7 Å². The number of aryl methyl sites for hydroxylation is 2. The van der Waals surface area contributed by atoms with Crippen molar-refractivity contribution >= 4 is 17.8 Å². The molecule has 4 rings (SSSR count). The molecule has 0 spiro atoms. The van der Waals surface area contributed by atoms with Crippen LogP contribution in [0.3, 0.4) is 0 Å². The van der Waals surface area contributed by atoms with Gasteiger partial charge in [0.1, 0.15) is 18.2 Å². The predicted octanol–water partition coefficient (Wildman–Crippen LogP) is 12.6. The predicted molar refractivity (Wildman–Crippen MR) is 275 cm³/mol. The van der Waals surface area contributed by atoms with Gasteiger partial charge in [-0.2, -0.15) is 0 Å². The van der Waals surface area contributed by atoms with E-state index in [1.54, 1.807) is 0 Å². The number of benzene rings is 3. The van der Waals surface area contributed by atoms with Crippen LogP contribution in [0.4, 0.5) is 0 Å². The molecule has 3 aromatic rings. The van der Waals surface area contributed by atoms with Crippen molar-refractivity contribution in [3.05, 3.63) is 108 Å². The summed E-state index contributed by atoms with van der Waals surface area (Å²) in [6.07, 6.45) is 22.3. The van der Waals surface area contributed by atoms with Crippen LogP contribution >= 0.6 is 0 Å². The molecule has 10 heteroatoms. The molecule has 0 aromatic heterocycles. The van der Waals surface area contributed by atoms with Crippen molar-refractivity contribution < 1.29 is 43.5 Å². The fraction of sp³-hybridized carbons (Fsp3) is 0.644. The van der Waals surface area contributed by atoms with Crippen molar-refractivity contribution in [1.29, 1.82) is 0 Å². The number of hydrogen-bond donors (Lipinski definition) is 3. The number of amides is 1. The zero-order valence-electron chi connectivity index (χ0n) is 42.3. The Bertz CT molecular complexity index is 1740. The SMILES string of the molecule is CCCCCCCCCCCCC(OC(=O)CCCCCCCCCc1ccccc1)C(=O)N[C@H]1[C@H](OCc2ccccc2)O[C@H](CO)[C@@H](O)[C@@H]1OC(=O)CCCCCCCCCc1ccccc1. The molecule has 0 bridgehead atoms. The molecule has 6 atom stereocenters. The van der Waals surface area contributed by atoms with Gasteiger partial charge in [0.15, 0.2) is 18.5 Å². The van der Waals surface area contributed by atoms with E-state index in [9.17, 15) is 24.6 Å². The molecule has 0 saturated carbocycles. The van der Waals surface area contributed by atoms with Crippen molar-refractivity contribution in [3.63, 3.8) is 0 Å². The molecule has 1 aliphatic heterocycles. The minimum absolute atomic E-state index is 0.101. The van der Waals surface area contributed by atoms with E-state index >= 15 is 0 Å². The molecule has 0 aliphatic carbocycles. The number of carbonyl (C=O) groups excluding carboxylic acids is 3. The number of ether oxygens (including phenoxy) is 4. The molecule has 3 N–H and O–H groups in total. The second-order valence-electron chi connectivity index (χ2n) is 19.4. The van der Waals surface area contributed by atoms with Crippen LogP contribution in [-0.4, -0.2) is 71.4 Å². The second-order valence-corrected chi connectivity index (χ2v) is 19.4. The van der Waals surface area contributed by atoms with E-state index in [1.807, 2.05) is 42.5 Å². The highest BCUT2D eigenvalue weighted by molar-refractivity contribution is 5.84. The lowest BCUT2D eigenvalue weighted by Crippen LogP contribution is -2.66. The zero-order valence-corrected chi connectivity index (χ0v) is 42.3. The van der Waals surface area contributed by atoms with Gasteiger partial charge in [0.2, 0.25) is 0 Å². The van der Waals surface area contributed by atoms with E-state index in [2.05, 4.69) is 60.8 Å². The summed E-state index contributed by atoms with van der Waals surface area (Å²) in [6.45, 7) is 1.77. The lowest BCUT2D eigenvalue weighted by Gasteiger charge is -2.44. The van der Waals surface area contributed by atoms with Gasteiger partial charge in [-0.25, -0.2) is 0 Å². The molecular formula is C59H89NO9. The Labute approximate surface area is 416 Å². The summed E-state index contributed by atoms with van der Waals surface area (Å²) in [5.41, 5.74) is 3.59. The number of rotatable bonds is 39. The highest BCUT2D eigenvalue weighted by atomic mass is 16.7. The summed E-state index contributed by atoms with van der Waals surface area (Å²) in [6, 6.07) is 29.4. The molecular weight excluding hydrogens is 867 g/mol. The van der Waals surface area contributed by atoms with Crippen LogP contribution < -0.4 is 5.32 Å². The van der Waals surface area contributed by atoms with E-state index in [1.165, 1.54) is 75.3 Å². The fourth-order valence-electron chi connectivity index (χ4n) is 9.26. The van der Waals surface area contributed by atoms with Gasteiger partial charge in [0.25, 0.3) is 5.91 Å². The number of aliphatic hydroxyl groups is 2. The second kappa shape index (κ2) is 36.8. The van der Waals surface area contributed by atoms with Gasteiger partial charge in [-0.1, -0.05) is 220 Å². The number of hydrogen-bond acceptors (Lipinski definition) is 9. The van der Waals surface area contributed by atoms with Gasteiger partial charge >= 0.3 is 11.9 Å². The molecule has 1 fully saturated rings. The van der Waals surface area contributed by atoms with Crippen LogP contribution in [0, 0.1) is 0 Å². The summed E-state index contributed by atoms with van der Waals surface area (Å²) < 4.78 is 24.3. The molecule has 1 aliphatic rings. The van der Waals surface area contributed by atoms with Crippen molar-refractivity contribution in [2.75, 3.05) is 6.61 Å². The van der Waals surface area contributed by atoms with Crippen LogP contribution in [0.25, 0.3) is 0 Å². The molecule has 10 nitrogen and oxygen atoms in total. The van der Waals surface area contributed by atoms with Gasteiger partial charge in [0.05, 0.1) is 13.2 Å². The summed E-state index contributed by atoms with van der Waals surface area (Å²) in [4.78, 5) is 41.2. The zero-order chi connectivity index (χ0) is 49.0. The molecule has 1 saturated heterocycles. The Hall–Kier alpha value is -4.09. The van der Waals surface area contributed by atoms with Crippen LogP contribution in [0.5, 0.6) is 0 Å². The third kappa shape index (κ3) is 25.0. The average molecular weight is 956 g/mol. The van der Waals surface area contributed by atoms with Crippen LogP contribution in [0.2, 0.25) is 0 Å². The van der Waals surface area contributed by atoms with Gasteiger partial charge < -0.3 is 34.5 Å². The maximum atomic E-state index is 14.4. The Morgan fingerprint density at radius 2 is 1.00 bits per heavy atom. The first kappa shape index (κ1) is 57.5. The third-order valence-electron chi connectivity index (χ3n) is 13.5. The number of carbonyl (C=O) groups is 3. The van der Waals surface area contributed by atoms with Crippen molar-refractivity contribution in [2.24, 2.45) is 0 Å². The maximum Gasteiger partial charge on any atom is 0.306 e. The lowest BCUT2D eigenvalue weighted by atomic mass is 9.95. The van der Waals surface area contributed by atoms with Crippen LogP contribution in [-0.2, 0) is 52.8 Å². The van der Waals surface area contributed by atoms with Crippen molar-refractivity contribution in [2.45, 2.75) is 236 Å². The molecule has 0 radical (unpaired) electrons. The normalized spacial score (nSPS) is 18.4. The van der Waals surface area contributed by atoms with Crippen molar-refractivity contribution in [3.8, 4) is 0 Å². The number of aliphatic hydroxyl groups excluding tert-OH is 2. The quantitative estimate of drug-likeness (QED) is 0.0376. The van der Waals surface area contributed by atoms with Gasteiger partial charge in [-0.3, -0.25) is 14.4 Å². The Balaban J connectivity index is 1.33. The van der Waals surface area contributed by atoms with Gasteiger partial charge in [-0.05, 0) is 68.1 Å². The van der Waals surface area contributed by atoms with E-state index < -0.39 is 61.2 Å². The topological polar surface area (TPSA) is 141 Å². The molecule has 1 heterocycles. The summed E-state index contributed by atoms with van der Waals surface area (Å²) in [7, 11) is 0. The molecule has 384 valence electrons. The smallest absolute Gasteiger partial charge is 0.306 e. The largest absolute Gasteiger partial charge is 0.457 e. The summed E-state index contributed by atoms with van der Waals surface area (Å²) in [5, 5.41) is 24.8. The highest BCUT2D eigenvalue weighted by Gasteiger charge is 2.49. The van der Waals surface area contributed by atoms with Crippen LogP contribution in [0.1, 0.15) is 197 Å². The fourth-order valence-corrected chi connectivity index (χ4v) is 9.26. The molecule has 1 amide bonds. The highest BCUT2D eigenvalue weighted by Crippen LogP contribution is 2.27. The van der Waals surface area contributed by atoms with E-state index in [4.69, 9.17) is 18.9 Å². The Kier molecular flexibility index (Phi) is 30.7. The first-order valence-electron chi connectivity index (χ1n) is 27.2. The standard InChI is InChI=1S/C59H89NO9/c1-2-3-4-5-6-7-8-13-18-32-43-51(67-53(62)44-33-19-14-9-11-16-24-35-48-37-26-21-27-38-48)58(65)60-55-57(56(64)52(46-61)68-59(55)66-47-50-41-30-23-31-42-50)69-54(63)45-34-20-15-10-12-17-25-36-49-39-28-22-29-40-49/h21-23,26-31,37-42,51-52,55-57,59,61,64H,2-20,24-25,32-36,43-47H2,1H3,(H,60,65)/t51?,52-,55-,56-,57-,59-/m1/s1. The Morgan fingerprint density at radius 3 is 1.49 bits per heavy atom. The summed E-state index contributed by atoms with van der Waals surface area (Å²) >= 11 is 0. The van der Waals surface area contributed by atoms with Gasteiger partial charge in [0, 0.05) is 12.8 Å². The van der Waals surface area contributed by atoms with E-state index in [0.717, 1.165) is 89.0 Å². The van der Waals surface area contributed by atoms with E-state index in [-0.39, 0.29) is 19.4 Å². The number of esters is 2. The van der Waals surface area contributed by atoms with Gasteiger partial charge in [-0.15, -0.1) is 0 Å². The molecule has 69 heavy (non-hydrogen) atoms. The first-order valence-corrected chi connectivity index (χ1v) is 27.2. The van der Waals surface area contributed by atoms with Crippen LogP contribution in [0.15, 0.2) is 91.0 Å². The number of unbranched alkanes of at least 4 members (excludes halogenated alkanes) is 21. The minimum Gasteiger partial charge on any atom is -0.457 e. The Morgan fingerprint density at radius 1 is 0.565 bits per heavy atom. The average Bonchev–Trinajstić information content (AvgIpc) is 3.37. The number of nitrogens with one attached hydrogen (secondary N) is 1. The monoisotopic (exact) mass is 956 g/mol. The van der Waals surface area contributed by atoms with Crippen molar-refractivity contribution in [1.82, 2.24) is 5.32 Å². The maximum absolute atomic E-state index is 14.4.